The molecule has 1 aromatic rings. The fraction of sp³-hybridized carbons (Fsp3) is 0.333. The molecule has 5 nitrogen and oxygen atoms in total. The molecule has 0 aliphatic carbocycles. The van der Waals surface area contributed by atoms with Crippen LogP contribution in [0.15, 0.2) is 29.3 Å². The van der Waals surface area contributed by atoms with Crippen molar-refractivity contribution in [2.24, 2.45) is 10.7 Å². The van der Waals surface area contributed by atoms with Crippen LogP contribution in [0.5, 0.6) is 0 Å². The van der Waals surface area contributed by atoms with Gasteiger partial charge in [-0.05, 0) is 24.1 Å². The average molecular weight is 235 g/mol. The number of carbonyl (C=O) groups is 1. The number of nitrogens with one attached hydrogen (secondary N) is 1. The van der Waals surface area contributed by atoms with Crippen LogP contribution < -0.4 is 11.1 Å². The molecular weight excluding hydrogens is 218 g/mol. The van der Waals surface area contributed by atoms with Crippen molar-refractivity contribution in [3.05, 3.63) is 35.4 Å². The molecule has 0 saturated heterocycles. The third-order valence-electron chi connectivity index (χ3n) is 2.19. The molecular formula is C12H17N3O2. The van der Waals surface area contributed by atoms with Crippen LogP contribution >= 0.6 is 0 Å². The van der Waals surface area contributed by atoms with Crippen molar-refractivity contribution in [1.29, 1.82) is 0 Å². The highest BCUT2D eigenvalue weighted by atomic mass is 16.4. The van der Waals surface area contributed by atoms with Gasteiger partial charge in [0, 0.05) is 6.54 Å². The summed E-state index contributed by atoms with van der Waals surface area (Å²) >= 11 is 0. The van der Waals surface area contributed by atoms with E-state index < -0.39 is 5.97 Å². The van der Waals surface area contributed by atoms with Crippen LogP contribution in [-0.4, -0.2) is 23.6 Å². The van der Waals surface area contributed by atoms with Crippen LogP contribution in [0.25, 0.3) is 0 Å². The number of carboxylic acid groups (broad SMARTS) is 1. The van der Waals surface area contributed by atoms with Crippen molar-refractivity contribution in [3.63, 3.8) is 0 Å². The van der Waals surface area contributed by atoms with Crippen LogP contribution in [0, 0.1) is 0 Å². The monoisotopic (exact) mass is 235 g/mol. The Balaban J connectivity index is 2.54. The van der Waals surface area contributed by atoms with Crippen molar-refractivity contribution >= 4 is 11.9 Å². The summed E-state index contributed by atoms with van der Waals surface area (Å²) in [7, 11) is 0. The van der Waals surface area contributed by atoms with Gasteiger partial charge >= 0.3 is 5.97 Å². The maximum absolute atomic E-state index is 10.6. The topological polar surface area (TPSA) is 87.7 Å². The SMILES string of the molecule is CCCNC(N)=NCc1ccc(C(=O)O)cc1. The van der Waals surface area contributed by atoms with Gasteiger partial charge in [0.05, 0.1) is 12.1 Å². The quantitative estimate of drug-likeness (QED) is 0.528. The lowest BCUT2D eigenvalue weighted by molar-refractivity contribution is 0.0697. The van der Waals surface area contributed by atoms with Gasteiger partial charge in [0.25, 0.3) is 0 Å². The van der Waals surface area contributed by atoms with Gasteiger partial charge in [-0.15, -0.1) is 0 Å². The first-order valence-corrected chi connectivity index (χ1v) is 5.49. The Morgan fingerprint density at radius 2 is 2.06 bits per heavy atom. The second kappa shape index (κ2) is 6.52. The maximum atomic E-state index is 10.6. The van der Waals surface area contributed by atoms with Crippen molar-refractivity contribution in [3.8, 4) is 0 Å². The minimum atomic E-state index is -0.927. The lowest BCUT2D eigenvalue weighted by atomic mass is 10.1. The summed E-state index contributed by atoms with van der Waals surface area (Å²) in [6.07, 6.45) is 0.990. The zero-order valence-electron chi connectivity index (χ0n) is 9.81. The van der Waals surface area contributed by atoms with Gasteiger partial charge < -0.3 is 16.2 Å². The molecule has 0 bridgehead atoms. The van der Waals surface area contributed by atoms with Gasteiger partial charge in [0.15, 0.2) is 5.96 Å². The number of aliphatic imine (C=N–C) groups is 1. The highest BCUT2D eigenvalue weighted by Gasteiger charge is 2.01. The molecule has 0 saturated carbocycles. The Morgan fingerprint density at radius 1 is 1.41 bits per heavy atom. The van der Waals surface area contributed by atoms with Crippen LogP contribution in [0.4, 0.5) is 0 Å². The smallest absolute Gasteiger partial charge is 0.335 e. The van der Waals surface area contributed by atoms with Gasteiger partial charge in [0.1, 0.15) is 0 Å². The average Bonchev–Trinajstić information content (AvgIpc) is 2.34. The van der Waals surface area contributed by atoms with E-state index in [-0.39, 0.29) is 5.56 Å². The van der Waals surface area contributed by atoms with E-state index in [1.807, 2.05) is 6.92 Å². The Bertz CT molecular complexity index is 399. The van der Waals surface area contributed by atoms with E-state index in [0.29, 0.717) is 12.5 Å². The molecule has 17 heavy (non-hydrogen) atoms. The van der Waals surface area contributed by atoms with Crippen molar-refractivity contribution in [1.82, 2.24) is 5.32 Å². The number of hydrogen-bond acceptors (Lipinski definition) is 2. The number of carboxylic acids is 1. The van der Waals surface area contributed by atoms with Gasteiger partial charge in [-0.25, -0.2) is 9.79 Å². The van der Waals surface area contributed by atoms with Crippen molar-refractivity contribution in [2.45, 2.75) is 19.9 Å². The summed E-state index contributed by atoms with van der Waals surface area (Å²) in [5, 5.41) is 11.7. The summed E-state index contributed by atoms with van der Waals surface area (Å²) in [6, 6.07) is 6.59. The fourth-order valence-corrected chi connectivity index (χ4v) is 1.24. The molecule has 0 heterocycles. The third kappa shape index (κ3) is 4.55. The van der Waals surface area contributed by atoms with E-state index in [4.69, 9.17) is 10.8 Å². The third-order valence-corrected chi connectivity index (χ3v) is 2.19. The number of nitrogens with two attached hydrogens (primary N) is 1. The number of rotatable bonds is 5. The molecule has 0 amide bonds. The Hall–Kier alpha value is -2.04. The molecule has 5 heteroatoms. The van der Waals surface area contributed by atoms with E-state index in [1.54, 1.807) is 24.3 Å². The molecule has 0 unspecified atom stereocenters. The summed E-state index contributed by atoms with van der Waals surface area (Å²) in [5.41, 5.74) is 6.83. The van der Waals surface area contributed by atoms with E-state index in [0.717, 1.165) is 18.5 Å². The standard InChI is InChI=1S/C12H17N3O2/c1-2-7-14-12(13)15-8-9-3-5-10(6-4-9)11(16)17/h3-6H,2,7-8H2,1H3,(H,16,17)(H3,13,14,15). The molecule has 4 N–H and O–H groups in total. The van der Waals surface area contributed by atoms with E-state index in [9.17, 15) is 4.79 Å². The number of guanidine groups is 1. The Labute approximate surface area is 100 Å². The molecule has 1 rings (SSSR count). The highest BCUT2D eigenvalue weighted by molar-refractivity contribution is 5.87. The van der Waals surface area contributed by atoms with Gasteiger partial charge in [-0.1, -0.05) is 19.1 Å². The number of nitrogens with zero attached hydrogens (tertiary/aromatic N) is 1. The minimum Gasteiger partial charge on any atom is -0.478 e. The van der Waals surface area contributed by atoms with E-state index >= 15 is 0 Å². The second-order valence-electron chi connectivity index (χ2n) is 3.63. The number of aromatic carboxylic acids is 1. The van der Waals surface area contributed by atoms with Gasteiger partial charge in [-0.3, -0.25) is 0 Å². The maximum Gasteiger partial charge on any atom is 0.335 e. The van der Waals surface area contributed by atoms with Gasteiger partial charge in [0.2, 0.25) is 0 Å². The molecule has 0 aliphatic heterocycles. The second-order valence-corrected chi connectivity index (χ2v) is 3.63. The van der Waals surface area contributed by atoms with Crippen LogP contribution in [-0.2, 0) is 6.54 Å². The first-order valence-electron chi connectivity index (χ1n) is 5.49. The summed E-state index contributed by atoms with van der Waals surface area (Å²) in [6.45, 7) is 3.29. The zero-order valence-corrected chi connectivity index (χ0v) is 9.81. The van der Waals surface area contributed by atoms with Crippen LogP contribution in [0.2, 0.25) is 0 Å². The summed E-state index contributed by atoms with van der Waals surface area (Å²) in [4.78, 5) is 14.8. The fourth-order valence-electron chi connectivity index (χ4n) is 1.24. The van der Waals surface area contributed by atoms with Crippen LogP contribution in [0.3, 0.4) is 0 Å². The van der Waals surface area contributed by atoms with E-state index in [1.165, 1.54) is 0 Å². The van der Waals surface area contributed by atoms with Crippen LogP contribution in [0.1, 0.15) is 29.3 Å². The van der Waals surface area contributed by atoms with Crippen molar-refractivity contribution in [2.75, 3.05) is 6.54 Å². The number of hydrogen-bond donors (Lipinski definition) is 3. The molecule has 0 aliphatic rings. The summed E-state index contributed by atoms with van der Waals surface area (Å²) in [5.74, 6) is -0.515. The molecule has 0 fully saturated rings. The molecule has 1 aromatic carbocycles. The molecule has 0 spiro atoms. The normalized spacial score (nSPS) is 11.2. The lowest BCUT2D eigenvalue weighted by Crippen LogP contribution is -2.32. The molecule has 0 atom stereocenters. The highest BCUT2D eigenvalue weighted by Crippen LogP contribution is 2.05. The molecule has 92 valence electrons. The summed E-state index contributed by atoms with van der Waals surface area (Å²) < 4.78 is 0. The van der Waals surface area contributed by atoms with E-state index in [2.05, 4.69) is 10.3 Å². The first kappa shape index (κ1) is 13.0. The first-order chi connectivity index (χ1) is 8.13. The number of benzene rings is 1. The van der Waals surface area contributed by atoms with Gasteiger partial charge in [-0.2, -0.15) is 0 Å². The van der Waals surface area contributed by atoms with Crippen molar-refractivity contribution < 1.29 is 9.90 Å². The zero-order chi connectivity index (χ0) is 12.7. The molecule has 0 aromatic heterocycles. The predicted octanol–water partition coefficient (Wildman–Crippen LogP) is 1.20. The molecule has 0 radical (unpaired) electrons. The lowest BCUT2D eigenvalue weighted by Gasteiger charge is -2.03. The Kier molecular flexibility index (Phi) is 5.00. The Morgan fingerprint density at radius 3 is 2.59 bits per heavy atom. The largest absolute Gasteiger partial charge is 0.478 e. The minimum absolute atomic E-state index is 0.273. The predicted molar refractivity (Wildman–Crippen MR) is 67.0 cm³/mol.